The molecule has 0 aliphatic carbocycles. The molecule has 2 aromatic rings. The van der Waals surface area contributed by atoms with Gasteiger partial charge in [0.25, 0.3) is 0 Å². The Hall–Kier alpha value is -1.09. The fourth-order valence-electron chi connectivity index (χ4n) is 2.04. The molecule has 5 heteroatoms. The monoisotopic (exact) mass is 342 g/mol. The van der Waals surface area contributed by atoms with Gasteiger partial charge >= 0.3 is 0 Å². The van der Waals surface area contributed by atoms with Crippen LogP contribution < -0.4 is 10.2 Å². The maximum Gasteiger partial charge on any atom is 0.0657 e. The lowest BCUT2D eigenvalue weighted by Crippen LogP contribution is -2.09. The lowest BCUT2D eigenvalue weighted by Gasteiger charge is -2.17. The van der Waals surface area contributed by atoms with Crippen molar-refractivity contribution in [3.8, 4) is 0 Å². The van der Waals surface area contributed by atoms with E-state index < -0.39 is 0 Å². The molecule has 1 N–H and O–H groups in total. The minimum atomic E-state index is 0.499. The van der Waals surface area contributed by atoms with Crippen molar-refractivity contribution in [3.63, 3.8) is 0 Å². The van der Waals surface area contributed by atoms with Gasteiger partial charge in [-0.15, -0.1) is 0 Å². The molecule has 0 aliphatic rings. The molecule has 0 radical (unpaired) electrons. The second-order valence-electron chi connectivity index (χ2n) is 5.07. The zero-order chi connectivity index (χ0) is 15.6. The van der Waals surface area contributed by atoms with Crippen molar-refractivity contribution in [2.45, 2.75) is 13.5 Å². The van der Waals surface area contributed by atoms with Crippen LogP contribution in [0.5, 0.6) is 0 Å². The quantitative estimate of drug-likeness (QED) is 0.723. The average Bonchev–Trinajstić information content (AvgIpc) is 2.44. The van der Waals surface area contributed by atoms with Gasteiger partial charge in [0.2, 0.25) is 0 Å². The van der Waals surface area contributed by atoms with Crippen LogP contribution in [0.3, 0.4) is 0 Å². The Labute approximate surface area is 140 Å². The molecule has 21 heavy (non-hydrogen) atoms. The fourth-order valence-corrected chi connectivity index (χ4v) is 2.72. The van der Waals surface area contributed by atoms with Crippen molar-refractivity contribution in [3.05, 3.63) is 56.5 Å². The maximum absolute atomic E-state index is 6.21. The van der Waals surface area contributed by atoms with Crippen LogP contribution in [0.2, 0.25) is 15.1 Å². The van der Waals surface area contributed by atoms with Crippen molar-refractivity contribution in [2.75, 3.05) is 24.3 Å². The van der Waals surface area contributed by atoms with E-state index in [0.29, 0.717) is 21.6 Å². The first kappa shape index (κ1) is 16.3. The summed E-state index contributed by atoms with van der Waals surface area (Å²) >= 11 is 18.4. The SMILES string of the molecule is Cc1cc(N(C)C)ccc1NCc1c(Cl)ccc(Cl)c1Cl. The van der Waals surface area contributed by atoms with Gasteiger partial charge < -0.3 is 10.2 Å². The molecule has 112 valence electrons. The minimum absolute atomic E-state index is 0.499. The largest absolute Gasteiger partial charge is 0.381 e. The fraction of sp³-hybridized carbons (Fsp3) is 0.250. The van der Waals surface area contributed by atoms with Gasteiger partial charge in [0, 0.05) is 42.6 Å². The number of aryl methyl sites for hydroxylation is 1. The van der Waals surface area contributed by atoms with Gasteiger partial charge in [-0.3, -0.25) is 0 Å². The molecule has 0 atom stereocenters. The molecule has 0 aromatic heterocycles. The summed E-state index contributed by atoms with van der Waals surface area (Å²) in [6.07, 6.45) is 0. The molecule has 0 heterocycles. The van der Waals surface area contributed by atoms with Crippen molar-refractivity contribution >= 4 is 46.2 Å². The maximum atomic E-state index is 6.21. The van der Waals surface area contributed by atoms with E-state index in [1.165, 1.54) is 0 Å². The van der Waals surface area contributed by atoms with Gasteiger partial charge in [0.15, 0.2) is 0 Å². The number of hydrogen-bond donors (Lipinski definition) is 1. The first-order valence-corrected chi connectivity index (χ1v) is 7.67. The van der Waals surface area contributed by atoms with E-state index in [4.69, 9.17) is 34.8 Å². The molecular weight excluding hydrogens is 327 g/mol. The smallest absolute Gasteiger partial charge is 0.0657 e. The predicted octanol–water partition coefficient (Wildman–Crippen LogP) is 5.63. The molecule has 0 amide bonds. The third-order valence-corrected chi connectivity index (χ3v) is 4.52. The first-order chi connectivity index (χ1) is 9.90. The van der Waals surface area contributed by atoms with E-state index >= 15 is 0 Å². The Balaban J connectivity index is 2.19. The van der Waals surface area contributed by atoms with Crippen LogP contribution >= 0.6 is 34.8 Å². The molecule has 0 saturated heterocycles. The summed E-state index contributed by atoms with van der Waals surface area (Å²) in [5.74, 6) is 0. The van der Waals surface area contributed by atoms with Crippen molar-refractivity contribution < 1.29 is 0 Å². The average molecular weight is 344 g/mol. The summed E-state index contributed by atoms with van der Waals surface area (Å²) in [7, 11) is 4.04. The Morgan fingerprint density at radius 2 is 1.67 bits per heavy atom. The molecule has 0 fully saturated rings. The number of anilines is 2. The predicted molar refractivity (Wildman–Crippen MR) is 94.3 cm³/mol. The van der Waals surface area contributed by atoms with Crippen LogP contribution in [0.1, 0.15) is 11.1 Å². The summed E-state index contributed by atoms with van der Waals surface area (Å²) in [6.45, 7) is 2.59. The van der Waals surface area contributed by atoms with Crippen molar-refractivity contribution in [1.82, 2.24) is 0 Å². The van der Waals surface area contributed by atoms with Crippen molar-refractivity contribution in [2.24, 2.45) is 0 Å². The molecule has 0 spiro atoms. The van der Waals surface area contributed by atoms with E-state index in [1.54, 1.807) is 12.1 Å². The number of hydrogen-bond acceptors (Lipinski definition) is 2. The second-order valence-corrected chi connectivity index (χ2v) is 6.26. The highest BCUT2D eigenvalue weighted by atomic mass is 35.5. The van der Waals surface area contributed by atoms with Crippen LogP contribution in [0.15, 0.2) is 30.3 Å². The number of nitrogens with one attached hydrogen (secondary N) is 1. The van der Waals surface area contributed by atoms with Crippen LogP contribution in [-0.2, 0) is 6.54 Å². The highest BCUT2D eigenvalue weighted by molar-refractivity contribution is 6.44. The Morgan fingerprint density at radius 3 is 2.29 bits per heavy atom. The third kappa shape index (κ3) is 3.76. The highest BCUT2D eigenvalue weighted by Crippen LogP contribution is 2.32. The molecule has 0 aliphatic heterocycles. The van der Waals surface area contributed by atoms with E-state index in [9.17, 15) is 0 Å². The van der Waals surface area contributed by atoms with Crippen LogP contribution in [0, 0.1) is 6.92 Å². The zero-order valence-corrected chi connectivity index (χ0v) is 14.4. The van der Waals surface area contributed by atoms with Gasteiger partial charge in [-0.2, -0.15) is 0 Å². The van der Waals surface area contributed by atoms with Gasteiger partial charge in [-0.25, -0.2) is 0 Å². The Kier molecular flexibility index (Phi) is 5.26. The van der Waals surface area contributed by atoms with Gasteiger partial charge in [0.1, 0.15) is 0 Å². The minimum Gasteiger partial charge on any atom is -0.381 e. The summed E-state index contributed by atoms with van der Waals surface area (Å²) < 4.78 is 0. The van der Waals surface area contributed by atoms with Gasteiger partial charge in [0.05, 0.1) is 10.0 Å². The van der Waals surface area contributed by atoms with Crippen molar-refractivity contribution in [1.29, 1.82) is 0 Å². The van der Waals surface area contributed by atoms with Gasteiger partial charge in [-0.05, 0) is 42.8 Å². The third-order valence-electron chi connectivity index (χ3n) is 3.32. The summed E-state index contributed by atoms with van der Waals surface area (Å²) in [6, 6.07) is 9.71. The summed E-state index contributed by atoms with van der Waals surface area (Å²) in [5, 5.41) is 4.98. The van der Waals surface area contributed by atoms with Gasteiger partial charge in [-0.1, -0.05) is 34.8 Å². The molecule has 0 unspecified atom stereocenters. The molecular formula is C16H17Cl3N2. The Morgan fingerprint density at radius 1 is 1.00 bits per heavy atom. The van der Waals surface area contributed by atoms with Crippen LogP contribution in [-0.4, -0.2) is 14.1 Å². The van der Waals surface area contributed by atoms with E-state index in [1.807, 2.05) is 14.1 Å². The second kappa shape index (κ2) is 6.78. The molecule has 0 saturated carbocycles. The topological polar surface area (TPSA) is 15.3 Å². The number of benzene rings is 2. The normalized spacial score (nSPS) is 10.6. The molecule has 2 aromatic carbocycles. The number of halogens is 3. The lowest BCUT2D eigenvalue weighted by molar-refractivity contribution is 1.11. The molecule has 2 rings (SSSR count). The number of nitrogens with zero attached hydrogens (tertiary/aromatic N) is 1. The number of rotatable bonds is 4. The van der Waals surface area contributed by atoms with E-state index in [2.05, 4.69) is 35.3 Å². The first-order valence-electron chi connectivity index (χ1n) is 6.54. The van der Waals surface area contributed by atoms with Crippen LogP contribution in [0.25, 0.3) is 0 Å². The van der Waals surface area contributed by atoms with E-state index in [-0.39, 0.29) is 0 Å². The molecule has 0 bridgehead atoms. The van der Waals surface area contributed by atoms with E-state index in [0.717, 1.165) is 22.5 Å². The molecule has 2 nitrogen and oxygen atoms in total. The summed E-state index contributed by atoms with van der Waals surface area (Å²) in [4.78, 5) is 2.07. The van der Waals surface area contributed by atoms with Crippen LogP contribution in [0.4, 0.5) is 11.4 Å². The zero-order valence-electron chi connectivity index (χ0n) is 12.2. The standard InChI is InChI=1S/C16H17Cl3N2/c1-10-8-11(21(2)3)4-7-15(10)20-9-12-13(17)5-6-14(18)16(12)19/h4-8,20H,9H2,1-3H3. The lowest BCUT2D eigenvalue weighted by atomic mass is 10.1. The summed E-state index contributed by atoms with van der Waals surface area (Å²) in [5.41, 5.74) is 4.18. The Bertz CT molecular complexity index is 654. The highest BCUT2D eigenvalue weighted by Gasteiger charge is 2.10.